The van der Waals surface area contributed by atoms with E-state index in [-0.39, 0.29) is 12.6 Å². The number of rotatable bonds is 2. The fourth-order valence-electron chi connectivity index (χ4n) is 10.8. The molecule has 0 amide bonds. The fraction of sp³-hybridized carbons (Fsp3) is 0.970. The van der Waals surface area contributed by atoms with Crippen molar-refractivity contribution in [3.05, 3.63) is 0 Å². The molecule has 1 saturated heterocycles. The van der Waals surface area contributed by atoms with Crippen LogP contribution >= 0.6 is 0 Å². The van der Waals surface area contributed by atoms with Crippen LogP contribution in [0.5, 0.6) is 0 Å². The van der Waals surface area contributed by atoms with Crippen LogP contribution in [0.25, 0.3) is 0 Å². The van der Waals surface area contributed by atoms with Crippen LogP contribution in [0.3, 0.4) is 0 Å². The van der Waals surface area contributed by atoms with Gasteiger partial charge in [-0.2, -0.15) is 0 Å². The van der Waals surface area contributed by atoms with Crippen molar-refractivity contribution in [1.29, 1.82) is 0 Å². The molecule has 0 bridgehead atoms. The van der Waals surface area contributed by atoms with Gasteiger partial charge in [0.25, 0.3) is 6.47 Å². The maximum absolute atomic E-state index is 8.68. The summed E-state index contributed by atoms with van der Waals surface area (Å²) in [6.07, 6.45) is 19.6. The van der Waals surface area contributed by atoms with Gasteiger partial charge in [-0.15, -0.1) is 0 Å². The average molecular weight is 521 g/mol. The Balaban J connectivity index is 0.000000267. The van der Waals surface area contributed by atoms with Gasteiger partial charge in [0.05, 0.1) is 18.8 Å². The van der Waals surface area contributed by atoms with Crippen LogP contribution in [0.1, 0.15) is 132 Å². The molecule has 4 nitrogen and oxygen atoms in total. The number of carboxylic acid groups (broad SMARTS) is 1. The zero-order valence-electron chi connectivity index (χ0n) is 25.3. The summed E-state index contributed by atoms with van der Waals surface area (Å²) >= 11 is 0. The van der Waals surface area contributed by atoms with Crippen molar-refractivity contribution in [3.8, 4) is 0 Å². The lowest BCUT2D eigenvalue weighted by Gasteiger charge is -2.67. The van der Waals surface area contributed by atoms with E-state index in [4.69, 9.17) is 19.7 Å². The third kappa shape index (κ3) is 6.26. The standard InChI is InChI=1S/C25H42.C5H10O2.C2H6.CH2O2/c1-17-7-5-14-24(3)19(17)12-16-25(4)21-11-15-23(2)13-6-8-20(23)18(21)9-10-22(24)25;1-4(6)2-5-3-7-5;1-2;2-1-3/h17-22H,5-16H2,1-4H3;4-6H,2-3H2,1H3;1-2H3;1H,(H,2,3). The summed E-state index contributed by atoms with van der Waals surface area (Å²) in [5.41, 5.74) is 2.08. The van der Waals surface area contributed by atoms with Crippen LogP contribution in [0.4, 0.5) is 0 Å². The molecule has 37 heavy (non-hydrogen) atoms. The first kappa shape index (κ1) is 30.9. The Morgan fingerprint density at radius 1 is 0.865 bits per heavy atom. The summed E-state index contributed by atoms with van der Waals surface area (Å²) in [4.78, 5) is 8.36. The molecule has 0 aromatic rings. The lowest BCUT2D eigenvalue weighted by Crippen LogP contribution is -2.59. The number of hydrogen-bond acceptors (Lipinski definition) is 3. The van der Waals surface area contributed by atoms with Gasteiger partial charge in [0, 0.05) is 6.42 Å². The zero-order chi connectivity index (χ0) is 27.4. The van der Waals surface area contributed by atoms with E-state index >= 15 is 0 Å². The number of aliphatic hydroxyl groups is 1. The summed E-state index contributed by atoms with van der Waals surface area (Å²) in [5.74, 6) is 6.30. The third-order valence-corrected chi connectivity index (χ3v) is 12.4. The second-order valence-corrected chi connectivity index (χ2v) is 14.3. The minimum Gasteiger partial charge on any atom is -0.483 e. The van der Waals surface area contributed by atoms with Crippen LogP contribution in [-0.4, -0.2) is 35.5 Å². The Kier molecular flexibility index (Phi) is 10.6. The fourth-order valence-corrected chi connectivity index (χ4v) is 10.8. The zero-order valence-corrected chi connectivity index (χ0v) is 25.3. The molecule has 0 aromatic carbocycles. The topological polar surface area (TPSA) is 70.1 Å². The van der Waals surface area contributed by atoms with Gasteiger partial charge < -0.3 is 14.9 Å². The van der Waals surface area contributed by atoms with Crippen LogP contribution < -0.4 is 0 Å². The molecule has 2 N–H and O–H groups in total. The van der Waals surface area contributed by atoms with Gasteiger partial charge in [-0.1, -0.05) is 60.8 Å². The van der Waals surface area contributed by atoms with Crippen molar-refractivity contribution >= 4 is 6.47 Å². The molecule has 6 rings (SSSR count). The average Bonchev–Trinajstić information content (AvgIpc) is 3.56. The Morgan fingerprint density at radius 3 is 2.05 bits per heavy atom. The van der Waals surface area contributed by atoms with Gasteiger partial charge in [0.15, 0.2) is 0 Å². The first-order valence-electron chi connectivity index (χ1n) is 16.0. The number of aliphatic hydroxyl groups excluding tert-OH is 1. The maximum Gasteiger partial charge on any atom is 0.290 e. The van der Waals surface area contributed by atoms with E-state index in [1.165, 1.54) is 19.3 Å². The predicted molar refractivity (Wildman–Crippen MR) is 152 cm³/mol. The minimum atomic E-state index is -0.250. The van der Waals surface area contributed by atoms with Crippen LogP contribution in [0, 0.1) is 51.8 Å². The van der Waals surface area contributed by atoms with E-state index in [1.54, 1.807) is 64.7 Å². The maximum atomic E-state index is 8.68. The smallest absolute Gasteiger partial charge is 0.290 e. The molecular weight excluding hydrogens is 460 g/mol. The molecular formula is C33H60O4. The Labute approximate surface area is 228 Å². The molecule has 5 saturated carbocycles. The first-order valence-corrected chi connectivity index (χ1v) is 16.0. The molecule has 11 unspecified atom stereocenters. The van der Waals surface area contributed by atoms with Gasteiger partial charge in [0.1, 0.15) is 0 Å². The number of hydrogen-bond donors (Lipinski definition) is 2. The minimum absolute atomic E-state index is 0.188. The Bertz CT molecular complexity index is 719. The molecule has 0 radical (unpaired) electrons. The number of ether oxygens (including phenoxy) is 1. The van der Waals surface area contributed by atoms with Crippen LogP contribution in [0.2, 0.25) is 0 Å². The molecule has 0 spiro atoms. The Morgan fingerprint density at radius 2 is 1.46 bits per heavy atom. The molecule has 6 aliphatic rings. The SMILES string of the molecule is CC.CC(O)CC1CO1.CC1CCCC2(C)C1CCC1(C)C3CCC4(C)CCCC4C3CCC21.O=CO. The first-order chi connectivity index (χ1) is 17.6. The van der Waals surface area contributed by atoms with Crippen molar-refractivity contribution in [2.75, 3.05) is 6.61 Å². The largest absolute Gasteiger partial charge is 0.483 e. The van der Waals surface area contributed by atoms with E-state index in [0.717, 1.165) is 54.0 Å². The summed E-state index contributed by atoms with van der Waals surface area (Å²) in [5, 5.41) is 15.6. The number of fused-ring (bicyclic) bond motifs is 7. The van der Waals surface area contributed by atoms with Gasteiger partial charge in [-0.3, -0.25) is 4.79 Å². The van der Waals surface area contributed by atoms with Crippen molar-refractivity contribution in [2.24, 2.45) is 51.8 Å². The highest BCUT2D eigenvalue weighted by Crippen LogP contribution is 2.71. The molecule has 5 aliphatic carbocycles. The van der Waals surface area contributed by atoms with Gasteiger partial charge in [0.2, 0.25) is 0 Å². The van der Waals surface area contributed by atoms with Crippen LogP contribution in [-0.2, 0) is 9.53 Å². The molecule has 11 atom stereocenters. The lowest BCUT2D eigenvalue weighted by atomic mass is 9.38. The van der Waals surface area contributed by atoms with Crippen molar-refractivity contribution in [2.45, 2.75) is 144 Å². The molecule has 216 valence electrons. The normalized spacial score (nSPS) is 47.8. The molecule has 1 aliphatic heterocycles. The predicted octanol–water partition coefficient (Wildman–Crippen LogP) is 8.35. The Hall–Kier alpha value is -0.610. The van der Waals surface area contributed by atoms with Crippen LogP contribution in [0.15, 0.2) is 0 Å². The molecule has 6 fully saturated rings. The second-order valence-electron chi connectivity index (χ2n) is 14.3. The van der Waals surface area contributed by atoms with Gasteiger partial charge in [-0.25, -0.2) is 0 Å². The summed E-state index contributed by atoms with van der Waals surface area (Å²) < 4.78 is 4.86. The van der Waals surface area contributed by atoms with Gasteiger partial charge in [-0.05, 0) is 116 Å². The lowest BCUT2D eigenvalue weighted by molar-refractivity contribution is -0.181. The number of epoxide rings is 1. The molecule has 0 aromatic heterocycles. The van der Waals surface area contributed by atoms with Crippen molar-refractivity contribution in [1.82, 2.24) is 0 Å². The highest BCUT2D eigenvalue weighted by Gasteiger charge is 2.63. The summed E-state index contributed by atoms with van der Waals surface area (Å²) in [6.45, 7) is 17.2. The van der Waals surface area contributed by atoms with E-state index in [2.05, 4.69) is 27.7 Å². The van der Waals surface area contributed by atoms with E-state index in [9.17, 15) is 0 Å². The molecule has 1 heterocycles. The summed E-state index contributed by atoms with van der Waals surface area (Å²) in [6, 6.07) is 0. The van der Waals surface area contributed by atoms with Gasteiger partial charge >= 0.3 is 0 Å². The number of carbonyl (C=O) groups is 1. The highest BCUT2D eigenvalue weighted by atomic mass is 16.6. The molecule has 4 heteroatoms. The van der Waals surface area contributed by atoms with E-state index < -0.39 is 0 Å². The van der Waals surface area contributed by atoms with Crippen molar-refractivity contribution < 1.29 is 19.7 Å². The summed E-state index contributed by atoms with van der Waals surface area (Å²) in [7, 11) is 0. The monoisotopic (exact) mass is 520 g/mol. The quantitative estimate of drug-likeness (QED) is 0.283. The van der Waals surface area contributed by atoms with E-state index in [0.29, 0.717) is 16.9 Å². The van der Waals surface area contributed by atoms with E-state index in [1.807, 2.05) is 13.8 Å². The highest BCUT2D eigenvalue weighted by molar-refractivity contribution is 5.32. The third-order valence-electron chi connectivity index (χ3n) is 12.4. The van der Waals surface area contributed by atoms with Crippen molar-refractivity contribution in [3.63, 3.8) is 0 Å². The second kappa shape index (κ2) is 12.7.